The molecule has 3 N–H and O–H groups in total. The van der Waals surface area contributed by atoms with Crippen molar-refractivity contribution in [2.24, 2.45) is 0 Å². The van der Waals surface area contributed by atoms with Crippen molar-refractivity contribution >= 4 is 6.09 Å². The van der Waals surface area contributed by atoms with Crippen molar-refractivity contribution in [3.8, 4) is 5.75 Å². The number of aromatic hydroxyl groups is 1. The number of phenolic OH excluding ortho intramolecular Hbond substituents is 1. The van der Waals surface area contributed by atoms with Crippen molar-refractivity contribution in [3.05, 3.63) is 29.3 Å². The first-order valence-corrected chi connectivity index (χ1v) is 8.26. The highest BCUT2D eigenvalue weighted by molar-refractivity contribution is 5.68. The first kappa shape index (κ1) is 17.6. The van der Waals surface area contributed by atoms with Crippen LogP contribution in [0.15, 0.2) is 18.2 Å². The van der Waals surface area contributed by atoms with E-state index in [2.05, 4.69) is 10.6 Å². The molecule has 2 unspecified atom stereocenters. The molecule has 0 spiro atoms. The first-order valence-electron chi connectivity index (χ1n) is 8.26. The van der Waals surface area contributed by atoms with Crippen molar-refractivity contribution in [1.82, 2.24) is 10.6 Å². The summed E-state index contributed by atoms with van der Waals surface area (Å²) in [6.07, 6.45) is 2.65. The number of ether oxygens (including phenoxy) is 1. The van der Waals surface area contributed by atoms with Crippen LogP contribution in [0.1, 0.15) is 51.2 Å². The lowest BCUT2D eigenvalue weighted by Crippen LogP contribution is -2.47. The van der Waals surface area contributed by atoms with Gasteiger partial charge < -0.3 is 20.5 Å². The van der Waals surface area contributed by atoms with Crippen LogP contribution in [0, 0.1) is 6.92 Å². The highest BCUT2D eigenvalue weighted by Gasteiger charge is 2.29. The molecule has 2 atom stereocenters. The van der Waals surface area contributed by atoms with Gasteiger partial charge in [0.2, 0.25) is 0 Å². The Morgan fingerprint density at radius 2 is 2.00 bits per heavy atom. The SMILES string of the molecule is Cc1ccc(O)c(CNC2CCCC2NC(=O)OC(C)(C)C)c1. The summed E-state index contributed by atoms with van der Waals surface area (Å²) >= 11 is 0. The monoisotopic (exact) mass is 320 g/mol. The number of phenols is 1. The normalized spacial score (nSPS) is 21.2. The molecule has 5 heteroatoms. The van der Waals surface area contributed by atoms with Crippen LogP contribution in [-0.4, -0.2) is 28.9 Å². The number of benzene rings is 1. The molecule has 1 aromatic carbocycles. The minimum absolute atomic E-state index is 0.0665. The summed E-state index contributed by atoms with van der Waals surface area (Å²) in [5, 5.41) is 16.3. The molecule has 2 rings (SSSR count). The minimum atomic E-state index is -0.487. The third-order valence-corrected chi connectivity index (χ3v) is 4.01. The van der Waals surface area contributed by atoms with Crippen molar-refractivity contribution < 1.29 is 14.6 Å². The maximum absolute atomic E-state index is 11.9. The molecule has 1 amide bonds. The second-order valence-electron chi connectivity index (χ2n) is 7.30. The third-order valence-electron chi connectivity index (χ3n) is 4.01. The average Bonchev–Trinajstić information content (AvgIpc) is 2.85. The lowest BCUT2D eigenvalue weighted by Gasteiger charge is -2.25. The fourth-order valence-electron chi connectivity index (χ4n) is 2.93. The number of hydrogen-bond donors (Lipinski definition) is 3. The van der Waals surface area contributed by atoms with Gasteiger partial charge in [0.1, 0.15) is 11.4 Å². The molecule has 128 valence electrons. The topological polar surface area (TPSA) is 70.6 Å². The Morgan fingerprint density at radius 1 is 1.30 bits per heavy atom. The zero-order chi connectivity index (χ0) is 17.0. The molecule has 0 aromatic heterocycles. The molecule has 23 heavy (non-hydrogen) atoms. The molecule has 0 heterocycles. The van der Waals surface area contributed by atoms with Crippen LogP contribution in [-0.2, 0) is 11.3 Å². The summed E-state index contributed by atoms with van der Waals surface area (Å²) in [5.41, 5.74) is 1.52. The number of nitrogens with one attached hydrogen (secondary N) is 2. The van der Waals surface area contributed by atoms with E-state index in [-0.39, 0.29) is 18.2 Å². The summed E-state index contributed by atoms with van der Waals surface area (Å²) in [4.78, 5) is 11.9. The maximum atomic E-state index is 11.9. The van der Waals surface area contributed by atoms with E-state index in [1.807, 2.05) is 39.8 Å². The molecule has 1 aromatic rings. The molecule has 0 aliphatic heterocycles. The number of alkyl carbamates (subject to hydrolysis) is 1. The molecule has 0 saturated heterocycles. The fraction of sp³-hybridized carbons (Fsp3) is 0.611. The smallest absolute Gasteiger partial charge is 0.407 e. The highest BCUT2D eigenvalue weighted by Crippen LogP contribution is 2.22. The predicted octanol–water partition coefficient (Wildman–Crippen LogP) is 3.24. The molecule has 1 aliphatic carbocycles. The molecule has 1 aliphatic rings. The van der Waals surface area contributed by atoms with Crippen LogP contribution >= 0.6 is 0 Å². The van der Waals surface area contributed by atoms with Gasteiger partial charge in [0.25, 0.3) is 0 Å². The lowest BCUT2D eigenvalue weighted by atomic mass is 10.1. The van der Waals surface area contributed by atoms with Crippen molar-refractivity contribution in [1.29, 1.82) is 0 Å². The van der Waals surface area contributed by atoms with Crippen LogP contribution in [0.5, 0.6) is 5.75 Å². The Bertz CT molecular complexity index is 552. The van der Waals surface area contributed by atoms with Gasteiger partial charge in [-0.25, -0.2) is 4.79 Å². The van der Waals surface area contributed by atoms with Gasteiger partial charge in [-0.05, 0) is 53.0 Å². The molecule has 1 fully saturated rings. The van der Waals surface area contributed by atoms with Gasteiger partial charge in [-0.2, -0.15) is 0 Å². The summed E-state index contributed by atoms with van der Waals surface area (Å²) in [6.45, 7) is 8.17. The number of amides is 1. The zero-order valence-electron chi connectivity index (χ0n) is 14.5. The van der Waals surface area contributed by atoms with Gasteiger partial charge in [0, 0.05) is 24.2 Å². The number of rotatable bonds is 4. The van der Waals surface area contributed by atoms with Crippen LogP contribution < -0.4 is 10.6 Å². The Kier molecular flexibility index (Phi) is 5.52. The van der Waals surface area contributed by atoms with Gasteiger partial charge in [-0.15, -0.1) is 0 Å². The van der Waals surface area contributed by atoms with E-state index in [4.69, 9.17) is 4.74 Å². The van der Waals surface area contributed by atoms with Crippen LogP contribution in [0.3, 0.4) is 0 Å². The predicted molar refractivity (Wildman–Crippen MR) is 90.5 cm³/mol. The number of carbonyl (C=O) groups is 1. The van der Waals surface area contributed by atoms with Crippen molar-refractivity contribution in [2.75, 3.05) is 0 Å². The molecule has 5 nitrogen and oxygen atoms in total. The van der Waals surface area contributed by atoms with Gasteiger partial charge >= 0.3 is 6.09 Å². The lowest BCUT2D eigenvalue weighted by molar-refractivity contribution is 0.0498. The minimum Gasteiger partial charge on any atom is -0.508 e. The standard InChI is InChI=1S/C18H28N2O3/c1-12-8-9-16(21)13(10-12)11-19-14-6-5-7-15(14)20-17(22)23-18(2,3)4/h8-10,14-15,19,21H,5-7,11H2,1-4H3,(H,20,22). The Balaban J connectivity index is 1.89. The molecule has 0 bridgehead atoms. The second-order valence-corrected chi connectivity index (χ2v) is 7.30. The zero-order valence-corrected chi connectivity index (χ0v) is 14.5. The number of carbonyl (C=O) groups excluding carboxylic acids is 1. The van der Waals surface area contributed by atoms with Crippen LogP contribution in [0.25, 0.3) is 0 Å². The van der Waals surface area contributed by atoms with Gasteiger partial charge in [-0.1, -0.05) is 17.7 Å². The quantitative estimate of drug-likeness (QED) is 0.796. The largest absolute Gasteiger partial charge is 0.508 e. The molecular formula is C18H28N2O3. The van der Waals surface area contributed by atoms with E-state index in [0.29, 0.717) is 12.3 Å². The average molecular weight is 320 g/mol. The van der Waals surface area contributed by atoms with Crippen molar-refractivity contribution in [2.45, 2.75) is 71.2 Å². The Morgan fingerprint density at radius 3 is 2.70 bits per heavy atom. The van der Waals surface area contributed by atoms with E-state index in [1.54, 1.807) is 6.07 Å². The third kappa shape index (κ3) is 5.43. The van der Waals surface area contributed by atoms with E-state index in [9.17, 15) is 9.90 Å². The van der Waals surface area contributed by atoms with Gasteiger partial charge in [-0.3, -0.25) is 0 Å². The molecular weight excluding hydrogens is 292 g/mol. The first-order chi connectivity index (χ1) is 10.7. The summed E-state index contributed by atoms with van der Waals surface area (Å²) < 4.78 is 5.33. The van der Waals surface area contributed by atoms with Gasteiger partial charge in [0.05, 0.1) is 0 Å². The summed E-state index contributed by atoms with van der Waals surface area (Å²) in [5.74, 6) is 0.303. The fourth-order valence-corrected chi connectivity index (χ4v) is 2.93. The summed E-state index contributed by atoms with van der Waals surface area (Å²) in [7, 11) is 0. The Labute approximate surface area is 138 Å². The van der Waals surface area contributed by atoms with E-state index < -0.39 is 5.60 Å². The van der Waals surface area contributed by atoms with Gasteiger partial charge in [0.15, 0.2) is 0 Å². The highest BCUT2D eigenvalue weighted by atomic mass is 16.6. The van der Waals surface area contributed by atoms with Crippen LogP contribution in [0.4, 0.5) is 4.79 Å². The van der Waals surface area contributed by atoms with E-state index in [1.165, 1.54) is 0 Å². The van der Waals surface area contributed by atoms with E-state index in [0.717, 1.165) is 30.4 Å². The van der Waals surface area contributed by atoms with Crippen LogP contribution in [0.2, 0.25) is 0 Å². The maximum Gasteiger partial charge on any atom is 0.407 e. The number of hydrogen-bond acceptors (Lipinski definition) is 4. The second kappa shape index (κ2) is 7.21. The van der Waals surface area contributed by atoms with E-state index >= 15 is 0 Å². The number of aryl methyl sites for hydroxylation is 1. The summed E-state index contributed by atoms with van der Waals surface area (Å²) in [6, 6.07) is 5.85. The molecule has 0 radical (unpaired) electrons. The van der Waals surface area contributed by atoms with Crippen molar-refractivity contribution in [3.63, 3.8) is 0 Å². The molecule has 1 saturated carbocycles. The Hall–Kier alpha value is -1.75.